The maximum Gasteiger partial charge on any atom is 0.0756 e. The van der Waals surface area contributed by atoms with Gasteiger partial charge in [-0.05, 0) is 69.3 Å². The molecule has 5 atom stereocenters. The summed E-state index contributed by atoms with van der Waals surface area (Å²) in [5, 5.41) is 3.65. The van der Waals surface area contributed by atoms with E-state index in [1.807, 2.05) is 0 Å². The lowest BCUT2D eigenvalue weighted by Crippen LogP contribution is -2.41. The zero-order valence-electron chi connectivity index (χ0n) is 19.3. The van der Waals surface area contributed by atoms with E-state index in [4.69, 9.17) is 4.74 Å². The molecule has 1 aliphatic rings. The van der Waals surface area contributed by atoms with Crippen molar-refractivity contribution in [2.45, 2.75) is 92.2 Å². The van der Waals surface area contributed by atoms with Gasteiger partial charge in [-0.15, -0.1) is 0 Å². The number of nitrogens with one attached hydrogen (secondary N) is 1. The first-order valence-corrected chi connectivity index (χ1v) is 11.5. The van der Waals surface area contributed by atoms with Gasteiger partial charge in [-0.2, -0.15) is 0 Å². The van der Waals surface area contributed by atoms with Crippen LogP contribution >= 0.6 is 0 Å². The molecule has 160 valence electrons. The van der Waals surface area contributed by atoms with Gasteiger partial charge in [0.2, 0.25) is 0 Å². The Kier molecular flexibility index (Phi) is 12.2. The molecule has 0 aromatic carbocycles. The van der Waals surface area contributed by atoms with E-state index in [1.54, 1.807) is 0 Å². The van der Waals surface area contributed by atoms with Crippen LogP contribution in [0.1, 0.15) is 80.1 Å². The van der Waals surface area contributed by atoms with E-state index in [2.05, 4.69) is 83.8 Å². The lowest BCUT2D eigenvalue weighted by Gasteiger charge is -2.39. The second kappa shape index (κ2) is 13.8. The molecule has 1 aliphatic carbocycles. The largest absolute Gasteiger partial charge is 0.383 e. The van der Waals surface area contributed by atoms with Gasteiger partial charge in [0.1, 0.15) is 0 Å². The Morgan fingerprint density at radius 1 is 1.14 bits per heavy atom. The lowest BCUT2D eigenvalue weighted by molar-refractivity contribution is 0.0833. The third-order valence-corrected chi connectivity index (χ3v) is 5.97. The summed E-state index contributed by atoms with van der Waals surface area (Å²) in [5.41, 5.74) is 2.41. The third kappa shape index (κ3) is 9.28. The molecule has 1 saturated carbocycles. The van der Waals surface area contributed by atoms with E-state index in [9.17, 15) is 0 Å². The fourth-order valence-electron chi connectivity index (χ4n) is 4.02. The summed E-state index contributed by atoms with van der Waals surface area (Å²) in [6.07, 6.45) is 18.3. The second-order valence-electron chi connectivity index (χ2n) is 8.63. The van der Waals surface area contributed by atoms with Crippen molar-refractivity contribution >= 4 is 0 Å². The number of hydrogen-bond acceptors (Lipinski definition) is 2. The summed E-state index contributed by atoms with van der Waals surface area (Å²) in [7, 11) is 0. The zero-order chi connectivity index (χ0) is 20.9. The average molecular weight is 388 g/mol. The molecule has 2 heteroatoms. The topological polar surface area (TPSA) is 21.3 Å². The molecule has 0 aromatic rings. The highest BCUT2D eigenvalue weighted by molar-refractivity contribution is 5.18. The molecule has 0 saturated heterocycles. The van der Waals surface area contributed by atoms with Crippen molar-refractivity contribution in [2.24, 2.45) is 17.8 Å². The Morgan fingerprint density at radius 2 is 1.89 bits per heavy atom. The van der Waals surface area contributed by atoms with Crippen LogP contribution in [-0.4, -0.2) is 18.8 Å². The molecule has 0 heterocycles. The van der Waals surface area contributed by atoms with Crippen molar-refractivity contribution in [1.29, 1.82) is 0 Å². The Bertz CT molecular complexity index is 531. The van der Waals surface area contributed by atoms with Crippen LogP contribution in [0.5, 0.6) is 0 Å². The predicted octanol–water partition coefficient (Wildman–Crippen LogP) is 7.20. The van der Waals surface area contributed by atoms with Crippen LogP contribution in [-0.2, 0) is 4.74 Å². The maximum atomic E-state index is 5.85. The maximum absolute atomic E-state index is 5.85. The monoisotopic (exact) mass is 387 g/mol. The van der Waals surface area contributed by atoms with Gasteiger partial charge in [-0.25, -0.2) is 0 Å². The van der Waals surface area contributed by atoms with E-state index in [0.717, 1.165) is 43.4 Å². The smallest absolute Gasteiger partial charge is 0.0756 e. The molecule has 28 heavy (non-hydrogen) atoms. The molecule has 0 aromatic heterocycles. The minimum Gasteiger partial charge on any atom is -0.383 e. The molecular formula is C26H45NO. The van der Waals surface area contributed by atoms with Gasteiger partial charge in [-0.3, -0.25) is 0 Å². The SMILES string of the molecule is C=C(/C=C\CC)NC1CC(C)C(C/C=C(C)/C=C/C(CC)OCCC)CC1C. The number of hydrogen-bond donors (Lipinski definition) is 1. The van der Waals surface area contributed by atoms with E-state index in [-0.39, 0.29) is 6.10 Å². The number of allylic oxidation sites excluding steroid dienone is 5. The van der Waals surface area contributed by atoms with Crippen molar-refractivity contribution in [2.75, 3.05) is 6.61 Å². The third-order valence-electron chi connectivity index (χ3n) is 5.97. The van der Waals surface area contributed by atoms with Gasteiger partial charge < -0.3 is 10.1 Å². The standard InChI is InChI=1S/C26H45NO/c1-8-11-12-23(7)27-26-19-21(5)24(18-22(26)6)15-13-20(4)14-16-25(10-3)28-17-9-2/h11-14,16,21-22,24-27H,7-10,15,17-19H2,1-6H3/b12-11-,16-14+,20-13+. The minimum atomic E-state index is 0.249. The first-order chi connectivity index (χ1) is 13.4. The van der Waals surface area contributed by atoms with Crippen LogP contribution in [0.4, 0.5) is 0 Å². The van der Waals surface area contributed by atoms with Crippen LogP contribution in [0.25, 0.3) is 0 Å². The molecule has 1 N–H and O–H groups in total. The Balaban J connectivity index is 2.53. The summed E-state index contributed by atoms with van der Waals surface area (Å²) in [4.78, 5) is 0. The highest BCUT2D eigenvalue weighted by Crippen LogP contribution is 2.36. The second-order valence-corrected chi connectivity index (χ2v) is 8.63. The van der Waals surface area contributed by atoms with Gasteiger partial charge in [0.05, 0.1) is 6.10 Å². The van der Waals surface area contributed by atoms with E-state index < -0.39 is 0 Å². The summed E-state index contributed by atoms with van der Waals surface area (Å²) in [6.45, 7) is 18.5. The van der Waals surface area contributed by atoms with Crippen molar-refractivity contribution in [3.05, 3.63) is 48.2 Å². The zero-order valence-corrected chi connectivity index (χ0v) is 19.3. The van der Waals surface area contributed by atoms with E-state index in [0.29, 0.717) is 12.0 Å². The highest BCUT2D eigenvalue weighted by atomic mass is 16.5. The molecule has 0 spiro atoms. The van der Waals surface area contributed by atoms with E-state index in [1.165, 1.54) is 24.8 Å². The van der Waals surface area contributed by atoms with Crippen LogP contribution in [0.3, 0.4) is 0 Å². The van der Waals surface area contributed by atoms with Crippen molar-refractivity contribution in [3.8, 4) is 0 Å². The molecule has 0 aliphatic heterocycles. The van der Waals surface area contributed by atoms with Gasteiger partial charge in [0.15, 0.2) is 0 Å². The van der Waals surface area contributed by atoms with Crippen molar-refractivity contribution in [1.82, 2.24) is 5.32 Å². The fourth-order valence-corrected chi connectivity index (χ4v) is 4.02. The number of ether oxygens (including phenoxy) is 1. The molecule has 2 nitrogen and oxygen atoms in total. The predicted molar refractivity (Wildman–Crippen MR) is 124 cm³/mol. The quantitative estimate of drug-likeness (QED) is 0.357. The van der Waals surface area contributed by atoms with Crippen LogP contribution in [0.2, 0.25) is 0 Å². The van der Waals surface area contributed by atoms with Crippen LogP contribution < -0.4 is 5.32 Å². The fraction of sp³-hybridized carbons (Fsp3) is 0.692. The average Bonchev–Trinajstić information content (AvgIpc) is 2.68. The summed E-state index contributed by atoms with van der Waals surface area (Å²) < 4.78 is 5.85. The van der Waals surface area contributed by atoms with Crippen LogP contribution in [0, 0.1) is 17.8 Å². The molecule has 0 bridgehead atoms. The van der Waals surface area contributed by atoms with Gasteiger partial charge >= 0.3 is 0 Å². The Labute approximate surface area is 175 Å². The summed E-state index contributed by atoms with van der Waals surface area (Å²) >= 11 is 0. The van der Waals surface area contributed by atoms with Gasteiger partial charge in [0, 0.05) is 18.3 Å². The molecular weight excluding hydrogens is 342 g/mol. The number of rotatable bonds is 12. The Hall–Kier alpha value is -1.28. The lowest BCUT2D eigenvalue weighted by atomic mass is 9.71. The molecule has 1 fully saturated rings. The van der Waals surface area contributed by atoms with Crippen LogP contribution in [0.15, 0.2) is 48.2 Å². The summed E-state index contributed by atoms with van der Waals surface area (Å²) in [5.74, 6) is 2.19. The first-order valence-electron chi connectivity index (χ1n) is 11.5. The molecule has 0 amide bonds. The summed E-state index contributed by atoms with van der Waals surface area (Å²) in [6, 6.07) is 0.547. The van der Waals surface area contributed by atoms with Crippen molar-refractivity contribution < 1.29 is 4.74 Å². The minimum absolute atomic E-state index is 0.249. The normalized spacial score (nSPS) is 27.4. The molecule has 1 rings (SSSR count). The van der Waals surface area contributed by atoms with Crippen molar-refractivity contribution in [3.63, 3.8) is 0 Å². The Morgan fingerprint density at radius 3 is 2.54 bits per heavy atom. The van der Waals surface area contributed by atoms with E-state index >= 15 is 0 Å². The highest BCUT2D eigenvalue weighted by Gasteiger charge is 2.31. The van der Waals surface area contributed by atoms with Gasteiger partial charge in [0.25, 0.3) is 0 Å². The molecule has 5 unspecified atom stereocenters. The van der Waals surface area contributed by atoms with Gasteiger partial charge in [-0.1, -0.05) is 71.1 Å². The first kappa shape index (κ1) is 24.8. The molecule has 0 radical (unpaired) electrons.